The van der Waals surface area contributed by atoms with Crippen LogP contribution in [0.25, 0.3) is 16.8 Å². The largest absolute Gasteiger partial charge is 0.375 e. The lowest BCUT2D eigenvalue weighted by Gasteiger charge is -2.33. The Labute approximate surface area is 164 Å². The topological polar surface area (TPSA) is 17.0 Å². The minimum absolute atomic E-state index is 0.140. The molecule has 3 aromatic rings. The maximum atomic E-state index is 5.95. The number of benzene rings is 2. The zero-order valence-electron chi connectivity index (χ0n) is 15.9. The molecular weight excluding hydrogens is 356 g/mol. The highest BCUT2D eigenvalue weighted by Crippen LogP contribution is 2.47. The van der Waals surface area contributed by atoms with Crippen molar-refractivity contribution in [2.45, 2.75) is 46.1 Å². The molecule has 0 saturated heterocycles. The number of nitrogens with one attached hydrogen (secondary N) is 1. The average molecular weight is 381 g/mol. The highest BCUT2D eigenvalue weighted by atomic mass is 32.1. The standard InChI is InChI=1S/C22H24N2S2/c1-13(2)15-7-9-16(10-8-15)24-21(25)19-17-12-14(3)6-11-18(17)23-22(4,5)20(19)26-24/h6-13,23H,1-5H3. The van der Waals surface area contributed by atoms with Crippen molar-refractivity contribution in [3.8, 4) is 16.8 Å². The molecule has 0 amide bonds. The molecule has 2 aromatic carbocycles. The number of rotatable bonds is 2. The van der Waals surface area contributed by atoms with Gasteiger partial charge < -0.3 is 5.32 Å². The van der Waals surface area contributed by atoms with Crippen molar-refractivity contribution in [1.82, 2.24) is 3.96 Å². The Morgan fingerprint density at radius 1 is 1.08 bits per heavy atom. The summed E-state index contributed by atoms with van der Waals surface area (Å²) in [5.41, 5.74) is 7.20. The van der Waals surface area contributed by atoms with Crippen LogP contribution in [-0.2, 0) is 5.54 Å². The second-order valence-electron chi connectivity index (χ2n) is 7.94. The minimum atomic E-state index is -0.140. The predicted octanol–water partition coefficient (Wildman–Crippen LogP) is 7.03. The van der Waals surface area contributed by atoms with Crippen LogP contribution in [0.4, 0.5) is 5.69 Å². The molecule has 0 fully saturated rings. The molecule has 0 bridgehead atoms. The van der Waals surface area contributed by atoms with Crippen LogP contribution in [0.1, 0.15) is 49.6 Å². The normalized spacial score (nSPS) is 14.7. The van der Waals surface area contributed by atoms with E-state index in [-0.39, 0.29) is 5.54 Å². The fourth-order valence-electron chi connectivity index (χ4n) is 3.57. The van der Waals surface area contributed by atoms with Gasteiger partial charge in [-0.05, 0) is 56.5 Å². The summed E-state index contributed by atoms with van der Waals surface area (Å²) in [6.07, 6.45) is 0. The third kappa shape index (κ3) is 2.72. The van der Waals surface area contributed by atoms with Crippen molar-refractivity contribution in [2.75, 3.05) is 5.32 Å². The van der Waals surface area contributed by atoms with Crippen LogP contribution in [-0.4, -0.2) is 3.96 Å². The molecule has 1 N–H and O–H groups in total. The number of hydrogen-bond donors (Lipinski definition) is 1. The average Bonchev–Trinajstić information content (AvgIpc) is 2.94. The summed E-state index contributed by atoms with van der Waals surface area (Å²) in [7, 11) is 0. The fraction of sp³-hybridized carbons (Fsp3) is 0.318. The van der Waals surface area contributed by atoms with Gasteiger partial charge in [-0.1, -0.05) is 61.4 Å². The maximum absolute atomic E-state index is 5.95. The van der Waals surface area contributed by atoms with Gasteiger partial charge in [-0.15, -0.1) is 0 Å². The Balaban J connectivity index is 1.93. The monoisotopic (exact) mass is 380 g/mol. The van der Waals surface area contributed by atoms with Crippen LogP contribution in [0.5, 0.6) is 0 Å². The molecule has 2 nitrogen and oxygen atoms in total. The SMILES string of the molecule is Cc1ccc2c(c1)-c1c(sn(-c3ccc(C(C)C)cc3)c1=S)C(C)(C)N2. The molecular formula is C22H24N2S2. The van der Waals surface area contributed by atoms with Gasteiger partial charge in [0.15, 0.2) is 0 Å². The van der Waals surface area contributed by atoms with E-state index < -0.39 is 0 Å². The molecule has 134 valence electrons. The maximum Gasteiger partial charge on any atom is 0.129 e. The second-order valence-corrected chi connectivity index (χ2v) is 9.28. The first-order valence-electron chi connectivity index (χ1n) is 9.04. The molecule has 0 aliphatic carbocycles. The van der Waals surface area contributed by atoms with Crippen molar-refractivity contribution in [3.63, 3.8) is 0 Å². The summed E-state index contributed by atoms with van der Waals surface area (Å²) in [6, 6.07) is 15.4. The number of aromatic nitrogens is 1. The van der Waals surface area contributed by atoms with Gasteiger partial charge in [-0.25, -0.2) is 0 Å². The smallest absolute Gasteiger partial charge is 0.129 e. The van der Waals surface area contributed by atoms with Gasteiger partial charge in [0.2, 0.25) is 0 Å². The molecule has 0 atom stereocenters. The van der Waals surface area contributed by atoms with Crippen molar-refractivity contribution >= 4 is 29.4 Å². The Bertz CT molecular complexity index is 1040. The molecule has 1 aromatic heterocycles. The van der Waals surface area contributed by atoms with Gasteiger partial charge >= 0.3 is 0 Å². The number of hydrogen-bond acceptors (Lipinski definition) is 3. The highest BCUT2D eigenvalue weighted by Gasteiger charge is 2.34. The van der Waals surface area contributed by atoms with Crippen LogP contribution in [0, 0.1) is 11.6 Å². The summed E-state index contributed by atoms with van der Waals surface area (Å²) in [5.74, 6) is 0.534. The van der Waals surface area contributed by atoms with E-state index in [9.17, 15) is 0 Å². The summed E-state index contributed by atoms with van der Waals surface area (Å²) >= 11 is 7.70. The lowest BCUT2D eigenvalue weighted by Crippen LogP contribution is -2.30. The first kappa shape index (κ1) is 17.5. The van der Waals surface area contributed by atoms with Crippen molar-refractivity contribution in [2.24, 2.45) is 0 Å². The van der Waals surface area contributed by atoms with Gasteiger partial charge in [-0.2, -0.15) is 0 Å². The number of nitrogens with zero attached hydrogens (tertiary/aromatic N) is 1. The van der Waals surface area contributed by atoms with E-state index in [2.05, 4.69) is 86.4 Å². The van der Waals surface area contributed by atoms with Gasteiger partial charge in [-0.3, -0.25) is 3.96 Å². The Kier molecular flexibility index (Phi) is 4.08. The third-order valence-corrected chi connectivity index (χ3v) is 7.04. The van der Waals surface area contributed by atoms with E-state index in [1.807, 2.05) is 0 Å². The van der Waals surface area contributed by atoms with E-state index in [1.165, 1.54) is 32.8 Å². The Morgan fingerprint density at radius 2 is 1.77 bits per heavy atom. The van der Waals surface area contributed by atoms with Gasteiger partial charge in [0.1, 0.15) is 4.64 Å². The van der Waals surface area contributed by atoms with Crippen LogP contribution >= 0.6 is 23.8 Å². The van der Waals surface area contributed by atoms with E-state index in [1.54, 1.807) is 11.5 Å². The van der Waals surface area contributed by atoms with Crippen LogP contribution < -0.4 is 5.32 Å². The zero-order valence-corrected chi connectivity index (χ0v) is 17.5. The summed E-state index contributed by atoms with van der Waals surface area (Å²) in [4.78, 5) is 1.30. The van der Waals surface area contributed by atoms with Gasteiger partial charge in [0, 0.05) is 16.8 Å². The Hall–Kier alpha value is -1.91. The third-order valence-electron chi connectivity index (χ3n) is 5.06. The van der Waals surface area contributed by atoms with E-state index in [0.29, 0.717) is 5.92 Å². The summed E-state index contributed by atoms with van der Waals surface area (Å²) in [5, 5.41) is 3.69. The van der Waals surface area contributed by atoms with E-state index in [0.717, 1.165) is 10.3 Å². The van der Waals surface area contributed by atoms with Crippen molar-refractivity contribution in [3.05, 3.63) is 63.1 Å². The summed E-state index contributed by atoms with van der Waals surface area (Å²) < 4.78 is 3.11. The molecule has 4 heteroatoms. The van der Waals surface area contributed by atoms with Crippen LogP contribution in [0.2, 0.25) is 0 Å². The number of aryl methyl sites for hydroxylation is 1. The lowest BCUT2D eigenvalue weighted by molar-refractivity contribution is 0.620. The first-order chi connectivity index (χ1) is 12.3. The molecule has 0 spiro atoms. The quantitative estimate of drug-likeness (QED) is 0.481. The molecule has 2 heterocycles. The highest BCUT2D eigenvalue weighted by molar-refractivity contribution is 7.71. The van der Waals surface area contributed by atoms with Crippen LogP contribution in [0.3, 0.4) is 0 Å². The lowest BCUT2D eigenvalue weighted by atomic mass is 9.89. The van der Waals surface area contributed by atoms with E-state index in [4.69, 9.17) is 12.2 Å². The predicted molar refractivity (Wildman–Crippen MR) is 115 cm³/mol. The molecule has 4 rings (SSSR count). The fourth-order valence-corrected chi connectivity index (χ4v) is 5.23. The van der Waals surface area contributed by atoms with E-state index >= 15 is 0 Å². The van der Waals surface area contributed by atoms with Gasteiger partial charge in [0.05, 0.1) is 16.1 Å². The first-order valence-corrected chi connectivity index (χ1v) is 10.2. The number of fused-ring (bicyclic) bond motifs is 3. The Morgan fingerprint density at radius 3 is 2.42 bits per heavy atom. The molecule has 26 heavy (non-hydrogen) atoms. The van der Waals surface area contributed by atoms with Crippen molar-refractivity contribution in [1.29, 1.82) is 0 Å². The molecule has 0 radical (unpaired) electrons. The van der Waals surface area contributed by atoms with Crippen LogP contribution in [0.15, 0.2) is 42.5 Å². The molecule has 0 unspecified atom stereocenters. The molecule has 0 saturated carbocycles. The second kappa shape index (κ2) is 6.07. The van der Waals surface area contributed by atoms with Gasteiger partial charge in [0.25, 0.3) is 0 Å². The minimum Gasteiger partial charge on any atom is -0.375 e. The number of anilines is 1. The zero-order chi connectivity index (χ0) is 18.6. The summed E-state index contributed by atoms with van der Waals surface area (Å²) in [6.45, 7) is 11.0. The van der Waals surface area contributed by atoms with Crippen molar-refractivity contribution < 1.29 is 0 Å². The molecule has 1 aliphatic heterocycles. The molecule has 1 aliphatic rings.